The number of anilines is 1. The molecule has 1 heterocycles. The second-order valence-corrected chi connectivity index (χ2v) is 6.07. The maximum absolute atomic E-state index is 11.2. The first kappa shape index (κ1) is 14.8. The van der Waals surface area contributed by atoms with Crippen LogP contribution in [0, 0.1) is 16.0 Å². The lowest BCUT2D eigenvalue weighted by Crippen LogP contribution is -2.34. The van der Waals surface area contributed by atoms with Gasteiger partial charge in [0.05, 0.1) is 12.0 Å². The number of nitro benzene ring substituents is 1. The highest BCUT2D eigenvalue weighted by atomic mass is 16.6. The van der Waals surface area contributed by atoms with Gasteiger partial charge in [0.2, 0.25) is 0 Å². The van der Waals surface area contributed by atoms with Gasteiger partial charge in [-0.15, -0.1) is 0 Å². The van der Waals surface area contributed by atoms with Gasteiger partial charge in [0.15, 0.2) is 5.75 Å². The third-order valence-electron chi connectivity index (χ3n) is 4.61. The summed E-state index contributed by atoms with van der Waals surface area (Å²) in [5, 5.41) is 11.2. The first-order valence-corrected chi connectivity index (χ1v) is 7.70. The summed E-state index contributed by atoms with van der Waals surface area (Å²) in [6.45, 7) is 1.62. The number of benzene rings is 1. The molecule has 0 unspecified atom stereocenters. The molecule has 2 aliphatic rings. The van der Waals surface area contributed by atoms with E-state index in [1.165, 1.54) is 7.11 Å². The van der Waals surface area contributed by atoms with Gasteiger partial charge in [-0.05, 0) is 37.2 Å². The van der Waals surface area contributed by atoms with Gasteiger partial charge in [-0.2, -0.15) is 0 Å². The second kappa shape index (κ2) is 5.94. The van der Waals surface area contributed by atoms with Gasteiger partial charge >= 0.3 is 5.69 Å². The number of carbonyl (C=O) groups is 1. The van der Waals surface area contributed by atoms with E-state index in [4.69, 9.17) is 4.74 Å². The fourth-order valence-corrected chi connectivity index (χ4v) is 3.15. The minimum Gasteiger partial charge on any atom is -0.490 e. The highest BCUT2D eigenvalue weighted by Crippen LogP contribution is 2.48. The summed E-state index contributed by atoms with van der Waals surface area (Å²) in [7, 11) is 1.46. The van der Waals surface area contributed by atoms with Crippen molar-refractivity contribution < 1.29 is 14.5 Å². The zero-order valence-corrected chi connectivity index (χ0v) is 12.7. The Balaban J connectivity index is 1.95. The van der Waals surface area contributed by atoms with Crippen molar-refractivity contribution in [1.82, 2.24) is 0 Å². The number of methoxy groups -OCH3 is 1. The summed E-state index contributed by atoms with van der Waals surface area (Å²) in [4.78, 5) is 24.0. The quantitative estimate of drug-likeness (QED) is 0.475. The van der Waals surface area contributed by atoms with Crippen LogP contribution in [0.2, 0.25) is 0 Å². The summed E-state index contributed by atoms with van der Waals surface area (Å²) in [5.41, 5.74) is 2.13. The summed E-state index contributed by atoms with van der Waals surface area (Å²) in [6, 6.07) is 3.48. The number of nitrogens with zero attached hydrogens (tertiary/aromatic N) is 2. The van der Waals surface area contributed by atoms with E-state index in [0.29, 0.717) is 11.7 Å². The molecule has 1 saturated heterocycles. The lowest BCUT2D eigenvalue weighted by atomic mass is 9.96. The summed E-state index contributed by atoms with van der Waals surface area (Å²) in [6.07, 6.45) is 4.89. The number of rotatable bonds is 5. The van der Waals surface area contributed by atoms with E-state index in [-0.39, 0.29) is 16.5 Å². The Morgan fingerprint density at radius 3 is 2.45 bits per heavy atom. The van der Waals surface area contributed by atoms with Crippen molar-refractivity contribution in [1.29, 1.82) is 0 Å². The zero-order chi connectivity index (χ0) is 15.7. The van der Waals surface area contributed by atoms with Crippen molar-refractivity contribution in [2.75, 3.05) is 25.1 Å². The van der Waals surface area contributed by atoms with Crippen LogP contribution in [0.5, 0.6) is 5.75 Å². The average Bonchev–Trinajstić information content (AvgIpc) is 3.38. The Kier molecular flexibility index (Phi) is 4.00. The number of nitro groups is 1. The van der Waals surface area contributed by atoms with E-state index < -0.39 is 0 Å². The monoisotopic (exact) mass is 304 g/mol. The van der Waals surface area contributed by atoms with Crippen LogP contribution in [0.3, 0.4) is 0 Å². The fourth-order valence-electron chi connectivity index (χ4n) is 3.15. The Bertz CT molecular complexity index is 590. The molecule has 0 atom stereocenters. The molecule has 3 rings (SSSR count). The number of ether oxygens (including phenoxy) is 1. The molecule has 1 aliphatic heterocycles. The highest BCUT2D eigenvalue weighted by molar-refractivity contribution is 5.67. The van der Waals surface area contributed by atoms with Gasteiger partial charge in [0, 0.05) is 36.8 Å². The van der Waals surface area contributed by atoms with Crippen LogP contribution in [-0.2, 0) is 4.79 Å². The van der Waals surface area contributed by atoms with Crippen LogP contribution >= 0.6 is 0 Å². The lowest BCUT2D eigenvalue weighted by molar-refractivity contribution is -0.385. The Morgan fingerprint density at radius 2 is 1.95 bits per heavy atom. The number of hydrogen-bond acceptors (Lipinski definition) is 5. The van der Waals surface area contributed by atoms with Gasteiger partial charge in [-0.1, -0.05) is 0 Å². The SMILES string of the molecule is COc1cc(N2CCC(C=O)CC2)c(C2CC2)cc1[N+](=O)[O-]. The molecule has 118 valence electrons. The first-order chi connectivity index (χ1) is 10.6. The normalized spacial score (nSPS) is 19.0. The summed E-state index contributed by atoms with van der Waals surface area (Å²) in [5.74, 6) is 0.867. The van der Waals surface area contributed by atoms with Crippen LogP contribution in [0.15, 0.2) is 12.1 Å². The predicted molar refractivity (Wildman–Crippen MR) is 82.6 cm³/mol. The topological polar surface area (TPSA) is 72.7 Å². The van der Waals surface area contributed by atoms with Crippen molar-refractivity contribution in [3.05, 3.63) is 27.8 Å². The molecule has 0 N–H and O–H groups in total. The molecule has 1 aromatic carbocycles. The summed E-state index contributed by atoms with van der Waals surface area (Å²) < 4.78 is 5.21. The number of aldehydes is 1. The Labute approximate surface area is 129 Å². The highest BCUT2D eigenvalue weighted by Gasteiger charge is 2.32. The molecular weight excluding hydrogens is 284 g/mol. The molecule has 6 nitrogen and oxygen atoms in total. The summed E-state index contributed by atoms with van der Waals surface area (Å²) >= 11 is 0. The molecule has 6 heteroatoms. The Morgan fingerprint density at radius 1 is 1.27 bits per heavy atom. The molecular formula is C16H20N2O4. The molecule has 0 amide bonds. The van der Waals surface area contributed by atoms with Crippen LogP contribution in [0.4, 0.5) is 11.4 Å². The van der Waals surface area contributed by atoms with Gasteiger partial charge < -0.3 is 14.4 Å². The van der Waals surface area contributed by atoms with E-state index in [1.54, 1.807) is 12.1 Å². The fraction of sp³-hybridized carbons (Fsp3) is 0.562. The van der Waals surface area contributed by atoms with E-state index in [2.05, 4.69) is 4.90 Å². The average molecular weight is 304 g/mol. The molecule has 22 heavy (non-hydrogen) atoms. The molecule has 0 radical (unpaired) electrons. The second-order valence-electron chi connectivity index (χ2n) is 6.07. The molecule has 0 bridgehead atoms. The van der Waals surface area contributed by atoms with Crippen LogP contribution in [0.1, 0.15) is 37.2 Å². The van der Waals surface area contributed by atoms with Gasteiger partial charge in [-0.3, -0.25) is 10.1 Å². The minimum absolute atomic E-state index is 0.0379. The first-order valence-electron chi connectivity index (χ1n) is 7.70. The molecule has 1 saturated carbocycles. The number of piperidine rings is 1. The largest absolute Gasteiger partial charge is 0.490 e. The zero-order valence-electron chi connectivity index (χ0n) is 12.7. The van der Waals surface area contributed by atoms with Gasteiger partial charge in [-0.25, -0.2) is 0 Å². The van der Waals surface area contributed by atoms with Gasteiger partial charge in [0.1, 0.15) is 6.29 Å². The minimum atomic E-state index is -0.382. The third-order valence-corrected chi connectivity index (χ3v) is 4.61. The molecule has 1 aromatic rings. The number of hydrogen-bond donors (Lipinski definition) is 0. The van der Waals surface area contributed by atoms with E-state index in [1.807, 2.05) is 0 Å². The molecule has 1 aliphatic carbocycles. The van der Waals surface area contributed by atoms with Crippen molar-refractivity contribution in [2.24, 2.45) is 5.92 Å². The van der Waals surface area contributed by atoms with Crippen LogP contribution in [-0.4, -0.2) is 31.4 Å². The van der Waals surface area contributed by atoms with E-state index in [9.17, 15) is 14.9 Å². The predicted octanol–water partition coefficient (Wildman–Crippen LogP) is 2.90. The maximum Gasteiger partial charge on any atom is 0.311 e. The van der Waals surface area contributed by atoms with Crippen LogP contribution in [0.25, 0.3) is 0 Å². The Hall–Kier alpha value is -2.11. The van der Waals surface area contributed by atoms with Crippen LogP contribution < -0.4 is 9.64 Å². The molecule has 0 spiro atoms. The van der Waals surface area contributed by atoms with Gasteiger partial charge in [0.25, 0.3) is 0 Å². The lowest BCUT2D eigenvalue weighted by Gasteiger charge is -2.33. The third kappa shape index (κ3) is 2.77. The van der Waals surface area contributed by atoms with E-state index >= 15 is 0 Å². The van der Waals surface area contributed by atoms with Crippen molar-refractivity contribution in [3.8, 4) is 5.75 Å². The van der Waals surface area contributed by atoms with E-state index in [0.717, 1.165) is 56.3 Å². The number of carbonyl (C=O) groups excluding carboxylic acids is 1. The standard InChI is InChI=1S/C16H20N2O4/c1-22-16-9-14(17-6-4-11(10-19)5-7-17)13(12-2-3-12)8-15(16)18(20)21/h8-12H,2-7H2,1H3. The molecule has 2 fully saturated rings. The smallest absolute Gasteiger partial charge is 0.311 e. The maximum atomic E-state index is 11.2. The van der Waals surface area contributed by atoms with Crippen molar-refractivity contribution >= 4 is 17.7 Å². The van der Waals surface area contributed by atoms with Crippen molar-refractivity contribution in [3.63, 3.8) is 0 Å². The molecule has 0 aromatic heterocycles. The van der Waals surface area contributed by atoms with Crippen molar-refractivity contribution in [2.45, 2.75) is 31.6 Å².